The lowest BCUT2D eigenvalue weighted by Crippen LogP contribution is -2.37. The summed E-state index contributed by atoms with van der Waals surface area (Å²) in [7, 11) is 0. The number of nitrogens with two attached hydrogens (primary N) is 1. The molecule has 2 unspecified atom stereocenters. The van der Waals surface area contributed by atoms with E-state index in [-0.39, 0.29) is 30.3 Å². The van der Waals surface area contributed by atoms with E-state index in [9.17, 15) is 18.3 Å². The molecule has 0 aliphatic heterocycles. The highest BCUT2D eigenvalue weighted by Gasteiger charge is 2.30. The van der Waals surface area contributed by atoms with Crippen LogP contribution in [-0.4, -0.2) is 30.1 Å². The fourth-order valence-corrected chi connectivity index (χ4v) is 2.52. The topological polar surface area (TPSA) is 79.9 Å². The van der Waals surface area contributed by atoms with Crippen molar-refractivity contribution in [1.82, 2.24) is 5.32 Å². The van der Waals surface area contributed by atoms with E-state index in [1.54, 1.807) is 0 Å². The van der Waals surface area contributed by atoms with Crippen LogP contribution >= 0.6 is 0 Å². The normalized spacial score (nSPS) is 22.2. The standard InChI is InChI=1S/C15H20F3N3O2/c16-15(17,18)23-12-6-4-10(5-7-12)8-20-14(19)21-9-11-2-1-3-13(11)22/h4-7,11,13,22H,1-3,8-9H2,(H3,19,20,21). The van der Waals surface area contributed by atoms with Crippen LogP contribution in [0.25, 0.3) is 0 Å². The van der Waals surface area contributed by atoms with Crippen LogP contribution in [0.2, 0.25) is 0 Å². The summed E-state index contributed by atoms with van der Waals surface area (Å²) in [4.78, 5) is 4.12. The third kappa shape index (κ3) is 5.97. The van der Waals surface area contributed by atoms with Crippen LogP contribution in [0.3, 0.4) is 0 Å². The molecule has 8 heteroatoms. The number of hydrogen-bond donors (Lipinski definition) is 3. The number of nitrogens with zero attached hydrogens (tertiary/aromatic N) is 1. The van der Waals surface area contributed by atoms with Gasteiger partial charge in [0.1, 0.15) is 5.75 Å². The number of halogens is 3. The van der Waals surface area contributed by atoms with Crippen LogP contribution in [0.15, 0.2) is 29.3 Å². The number of hydrogen-bond acceptors (Lipinski definition) is 3. The van der Waals surface area contributed by atoms with Crippen LogP contribution in [0.4, 0.5) is 13.2 Å². The third-order valence-corrected chi connectivity index (χ3v) is 3.75. The molecule has 1 aliphatic rings. The Morgan fingerprint density at radius 3 is 2.57 bits per heavy atom. The van der Waals surface area contributed by atoms with Crippen LogP contribution in [0.5, 0.6) is 5.75 Å². The second kappa shape index (κ2) is 7.54. The highest BCUT2D eigenvalue weighted by molar-refractivity contribution is 5.77. The highest BCUT2D eigenvalue weighted by atomic mass is 19.4. The van der Waals surface area contributed by atoms with Gasteiger partial charge in [0, 0.05) is 12.5 Å². The molecule has 1 saturated carbocycles. The molecule has 5 nitrogen and oxygen atoms in total. The lowest BCUT2D eigenvalue weighted by atomic mass is 10.1. The van der Waals surface area contributed by atoms with Gasteiger partial charge in [-0.15, -0.1) is 13.2 Å². The number of rotatable bonds is 5. The Hall–Kier alpha value is -1.96. The van der Waals surface area contributed by atoms with E-state index in [4.69, 9.17) is 5.73 Å². The molecule has 4 N–H and O–H groups in total. The molecule has 0 aromatic heterocycles. The fourth-order valence-electron chi connectivity index (χ4n) is 2.52. The van der Waals surface area contributed by atoms with Crippen molar-refractivity contribution in [2.24, 2.45) is 16.6 Å². The molecular formula is C15H20F3N3O2. The summed E-state index contributed by atoms with van der Waals surface area (Å²) in [6.45, 7) is 0.813. The van der Waals surface area contributed by atoms with E-state index in [2.05, 4.69) is 15.0 Å². The minimum Gasteiger partial charge on any atom is -0.406 e. The van der Waals surface area contributed by atoms with E-state index in [0.29, 0.717) is 12.1 Å². The third-order valence-electron chi connectivity index (χ3n) is 3.75. The zero-order chi connectivity index (χ0) is 16.9. The maximum absolute atomic E-state index is 12.0. The van der Waals surface area contributed by atoms with Crippen LogP contribution in [0, 0.1) is 5.92 Å². The monoisotopic (exact) mass is 331 g/mol. The van der Waals surface area contributed by atoms with Gasteiger partial charge >= 0.3 is 6.36 Å². The van der Waals surface area contributed by atoms with Gasteiger partial charge in [-0.3, -0.25) is 0 Å². The van der Waals surface area contributed by atoms with E-state index in [0.717, 1.165) is 19.3 Å². The second-order valence-electron chi connectivity index (χ2n) is 5.53. The van der Waals surface area contributed by atoms with Crippen LogP contribution in [-0.2, 0) is 6.54 Å². The molecule has 0 saturated heterocycles. The van der Waals surface area contributed by atoms with Gasteiger partial charge in [-0.2, -0.15) is 0 Å². The minimum absolute atomic E-state index is 0.183. The number of ether oxygens (including phenoxy) is 1. The second-order valence-corrected chi connectivity index (χ2v) is 5.53. The van der Waals surface area contributed by atoms with Gasteiger partial charge < -0.3 is 20.9 Å². The average Bonchev–Trinajstić information content (AvgIpc) is 2.88. The van der Waals surface area contributed by atoms with Gasteiger partial charge in [-0.25, -0.2) is 4.99 Å². The number of aliphatic hydroxyl groups excluding tert-OH is 1. The van der Waals surface area contributed by atoms with E-state index < -0.39 is 6.36 Å². The summed E-state index contributed by atoms with van der Waals surface area (Å²) in [5.74, 6) is 0.161. The highest BCUT2D eigenvalue weighted by Crippen LogP contribution is 2.24. The Labute approximate surface area is 132 Å². The summed E-state index contributed by atoms with van der Waals surface area (Å²) in [6.07, 6.45) is -2.20. The molecule has 128 valence electrons. The number of guanidine groups is 1. The van der Waals surface area contributed by atoms with Crippen molar-refractivity contribution in [3.8, 4) is 5.75 Å². The zero-order valence-electron chi connectivity index (χ0n) is 12.5. The number of aliphatic hydroxyl groups is 1. The van der Waals surface area contributed by atoms with Crippen molar-refractivity contribution in [3.05, 3.63) is 29.8 Å². The number of aliphatic imine (C=N–C) groups is 1. The van der Waals surface area contributed by atoms with Gasteiger partial charge in [0.05, 0.1) is 12.6 Å². The van der Waals surface area contributed by atoms with Gasteiger partial charge in [-0.05, 0) is 30.5 Å². The van der Waals surface area contributed by atoms with E-state index >= 15 is 0 Å². The molecular weight excluding hydrogens is 311 g/mol. The first kappa shape index (κ1) is 17.4. The van der Waals surface area contributed by atoms with Crippen LogP contribution < -0.4 is 15.8 Å². The summed E-state index contributed by atoms with van der Waals surface area (Å²) in [5.41, 5.74) is 6.46. The molecule has 2 rings (SSSR count). The Kier molecular flexibility index (Phi) is 5.70. The van der Waals surface area contributed by atoms with Gasteiger partial charge in [0.25, 0.3) is 0 Å². The van der Waals surface area contributed by atoms with Crippen molar-refractivity contribution >= 4 is 5.96 Å². The van der Waals surface area contributed by atoms with E-state index in [1.807, 2.05) is 0 Å². The fraction of sp³-hybridized carbons (Fsp3) is 0.533. The molecule has 0 amide bonds. The number of alkyl halides is 3. The van der Waals surface area contributed by atoms with Gasteiger partial charge in [0.15, 0.2) is 5.96 Å². The SMILES string of the molecule is NC(=NCc1ccc(OC(F)(F)F)cc1)NCC1CCCC1O. The molecule has 1 aliphatic carbocycles. The first-order chi connectivity index (χ1) is 10.8. The predicted octanol–water partition coefficient (Wildman–Crippen LogP) is 2.15. The maximum Gasteiger partial charge on any atom is 0.573 e. The average molecular weight is 331 g/mol. The molecule has 0 bridgehead atoms. The van der Waals surface area contributed by atoms with E-state index in [1.165, 1.54) is 24.3 Å². The van der Waals surface area contributed by atoms with Gasteiger partial charge in [-0.1, -0.05) is 18.6 Å². The van der Waals surface area contributed by atoms with Crippen molar-refractivity contribution < 1.29 is 23.0 Å². The van der Waals surface area contributed by atoms with Crippen molar-refractivity contribution in [2.45, 2.75) is 38.3 Å². The Balaban J connectivity index is 1.79. The predicted molar refractivity (Wildman–Crippen MR) is 79.8 cm³/mol. The quantitative estimate of drug-likeness (QED) is 0.570. The summed E-state index contributed by atoms with van der Waals surface area (Å²) in [5, 5.41) is 12.7. The maximum atomic E-state index is 12.0. The van der Waals surface area contributed by atoms with Gasteiger partial charge in [0.2, 0.25) is 0 Å². The molecule has 1 fully saturated rings. The molecule has 1 aromatic carbocycles. The molecule has 1 aromatic rings. The van der Waals surface area contributed by atoms with Crippen molar-refractivity contribution in [2.75, 3.05) is 6.54 Å². The first-order valence-electron chi connectivity index (χ1n) is 7.40. The van der Waals surface area contributed by atoms with Crippen molar-refractivity contribution in [1.29, 1.82) is 0 Å². The number of nitrogens with one attached hydrogen (secondary N) is 1. The summed E-state index contributed by atoms with van der Waals surface area (Å²) in [6, 6.07) is 5.46. The van der Waals surface area contributed by atoms with Crippen molar-refractivity contribution in [3.63, 3.8) is 0 Å². The molecule has 0 spiro atoms. The lowest BCUT2D eigenvalue weighted by molar-refractivity contribution is -0.274. The van der Waals surface area contributed by atoms with Crippen LogP contribution in [0.1, 0.15) is 24.8 Å². The molecule has 0 heterocycles. The zero-order valence-corrected chi connectivity index (χ0v) is 12.5. The Morgan fingerprint density at radius 2 is 2.00 bits per heavy atom. The largest absolute Gasteiger partial charge is 0.573 e. The smallest absolute Gasteiger partial charge is 0.406 e. The molecule has 2 atom stereocenters. The number of benzene rings is 1. The molecule has 0 radical (unpaired) electrons. The Morgan fingerprint density at radius 1 is 1.30 bits per heavy atom. The first-order valence-corrected chi connectivity index (χ1v) is 7.40. The summed E-state index contributed by atoms with van der Waals surface area (Å²) < 4.78 is 39.9. The lowest BCUT2D eigenvalue weighted by Gasteiger charge is -2.15. The summed E-state index contributed by atoms with van der Waals surface area (Å²) >= 11 is 0. The molecule has 23 heavy (non-hydrogen) atoms. The Bertz CT molecular complexity index is 532. The minimum atomic E-state index is -4.70.